The topological polar surface area (TPSA) is 67.5 Å². The van der Waals surface area contributed by atoms with Crippen molar-refractivity contribution in [1.29, 1.82) is 0 Å². The molecule has 0 aliphatic rings. The van der Waals surface area contributed by atoms with Crippen LogP contribution in [0, 0.1) is 0 Å². The summed E-state index contributed by atoms with van der Waals surface area (Å²) in [7, 11) is 0. The van der Waals surface area contributed by atoms with Gasteiger partial charge in [-0.15, -0.1) is 0 Å². The number of carboxylic acids is 1. The molecule has 17 heavy (non-hydrogen) atoms. The third kappa shape index (κ3) is 2.81. The number of aromatic nitrogens is 3. The molecule has 0 saturated heterocycles. The Kier molecular flexibility index (Phi) is 3.37. The van der Waals surface area contributed by atoms with Gasteiger partial charge in [-0.3, -0.25) is 4.79 Å². The van der Waals surface area contributed by atoms with Crippen molar-refractivity contribution in [2.75, 3.05) is 0 Å². The molecule has 2 aromatic rings. The molecule has 5 nitrogen and oxygen atoms in total. The molecule has 90 valence electrons. The lowest BCUT2D eigenvalue weighted by Crippen LogP contribution is -1.97. The predicted molar refractivity (Wildman–Crippen MR) is 62.9 cm³/mol. The van der Waals surface area contributed by atoms with E-state index < -0.39 is 5.97 Å². The number of hydrogen-bond donors (Lipinski definition) is 1. The van der Waals surface area contributed by atoms with E-state index in [0.717, 1.165) is 29.9 Å². The van der Waals surface area contributed by atoms with E-state index in [1.54, 1.807) is 10.7 Å². The Morgan fingerprint density at radius 2 is 2.18 bits per heavy atom. The summed E-state index contributed by atoms with van der Waals surface area (Å²) >= 11 is 0. The molecule has 0 amide bonds. The quantitative estimate of drug-likeness (QED) is 0.853. The van der Waals surface area contributed by atoms with Crippen LogP contribution in [0.1, 0.15) is 31.2 Å². The fourth-order valence-corrected chi connectivity index (χ4v) is 1.72. The van der Waals surface area contributed by atoms with Crippen molar-refractivity contribution < 1.29 is 9.90 Å². The number of fused-ring (bicyclic) bond motifs is 1. The summed E-state index contributed by atoms with van der Waals surface area (Å²) in [5, 5.41) is 13.0. The maximum absolute atomic E-state index is 10.5. The molecule has 0 aromatic carbocycles. The fraction of sp³-hybridized carbons (Fsp3) is 0.417. The van der Waals surface area contributed by atoms with Gasteiger partial charge in [0.1, 0.15) is 0 Å². The third-order valence-electron chi connectivity index (χ3n) is 2.53. The van der Waals surface area contributed by atoms with E-state index in [-0.39, 0.29) is 6.42 Å². The molecule has 2 heterocycles. The standard InChI is InChI=1S/C12H15N3O2/c1-2-3-9-4-6-11-13-10(5-7-12(16)17)8-15(11)14-9/h4,6,8H,2-3,5,7H2,1H3,(H,16,17). The zero-order chi connectivity index (χ0) is 12.3. The predicted octanol–water partition coefficient (Wildman–Crippen LogP) is 1.70. The normalized spacial score (nSPS) is 10.9. The lowest BCUT2D eigenvalue weighted by Gasteiger charge is -1.97. The highest BCUT2D eigenvalue weighted by atomic mass is 16.4. The molecule has 0 atom stereocenters. The van der Waals surface area contributed by atoms with E-state index in [1.807, 2.05) is 12.1 Å². The van der Waals surface area contributed by atoms with Gasteiger partial charge >= 0.3 is 5.97 Å². The Labute approximate surface area is 99.1 Å². The van der Waals surface area contributed by atoms with E-state index in [9.17, 15) is 4.79 Å². The highest BCUT2D eigenvalue weighted by molar-refractivity contribution is 5.67. The molecule has 0 unspecified atom stereocenters. The van der Waals surface area contributed by atoms with Gasteiger partial charge in [0.2, 0.25) is 0 Å². The number of imidazole rings is 1. The van der Waals surface area contributed by atoms with Crippen molar-refractivity contribution in [2.45, 2.75) is 32.6 Å². The Balaban J connectivity index is 2.21. The van der Waals surface area contributed by atoms with Crippen LogP contribution in [0.4, 0.5) is 0 Å². The number of aryl methyl sites for hydroxylation is 2. The van der Waals surface area contributed by atoms with E-state index >= 15 is 0 Å². The Morgan fingerprint density at radius 1 is 1.35 bits per heavy atom. The van der Waals surface area contributed by atoms with Crippen LogP contribution in [0.25, 0.3) is 5.65 Å². The molecule has 0 fully saturated rings. The van der Waals surface area contributed by atoms with E-state index in [1.165, 1.54) is 0 Å². The lowest BCUT2D eigenvalue weighted by molar-refractivity contribution is -0.136. The van der Waals surface area contributed by atoms with Crippen molar-refractivity contribution in [3.05, 3.63) is 29.7 Å². The summed E-state index contributed by atoms with van der Waals surface area (Å²) in [4.78, 5) is 14.8. The van der Waals surface area contributed by atoms with Crippen LogP contribution in [-0.2, 0) is 17.6 Å². The van der Waals surface area contributed by atoms with Gasteiger partial charge in [-0.05, 0) is 18.6 Å². The van der Waals surface area contributed by atoms with Crippen molar-refractivity contribution >= 4 is 11.6 Å². The number of nitrogens with zero attached hydrogens (tertiary/aromatic N) is 3. The zero-order valence-electron chi connectivity index (χ0n) is 9.76. The number of aliphatic carboxylic acids is 1. The highest BCUT2D eigenvalue weighted by Crippen LogP contribution is 2.07. The molecule has 5 heteroatoms. The van der Waals surface area contributed by atoms with Crippen molar-refractivity contribution in [3.63, 3.8) is 0 Å². The molecule has 0 aliphatic carbocycles. The maximum Gasteiger partial charge on any atom is 0.303 e. The van der Waals surface area contributed by atoms with Crippen LogP contribution >= 0.6 is 0 Å². The van der Waals surface area contributed by atoms with Gasteiger partial charge in [0.25, 0.3) is 0 Å². The van der Waals surface area contributed by atoms with Gasteiger partial charge in [0.05, 0.1) is 24.0 Å². The van der Waals surface area contributed by atoms with Crippen molar-refractivity contribution in [2.24, 2.45) is 0 Å². The first-order valence-corrected chi connectivity index (χ1v) is 5.75. The minimum Gasteiger partial charge on any atom is -0.481 e. The number of hydrogen-bond acceptors (Lipinski definition) is 3. The molecule has 0 saturated carbocycles. The van der Waals surface area contributed by atoms with E-state index in [0.29, 0.717) is 6.42 Å². The lowest BCUT2D eigenvalue weighted by atomic mass is 10.2. The van der Waals surface area contributed by atoms with Crippen molar-refractivity contribution in [3.8, 4) is 0 Å². The number of rotatable bonds is 5. The highest BCUT2D eigenvalue weighted by Gasteiger charge is 2.05. The van der Waals surface area contributed by atoms with Gasteiger partial charge in [-0.2, -0.15) is 5.10 Å². The molecular weight excluding hydrogens is 218 g/mol. The summed E-state index contributed by atoms with van der Waals surface area (Å²) < 4.78 is 1.72. The van der Waals surface area contributed by atoms with Gasteiger partial charge in [0.15, 0.2) is 5.65 Å². The monoisotopic (exact) mass is 233 g/mol. The number of carbonyl (C=O) groups is 1. The molecule has 0 radical (unpaired) electrons. The summed E-state index contributed by atoms with van der Waals surface area (Å²) in [5.41, 5.74) is 2.57. The molecule has 0 bridgehead atoms. The van der Waals surface area contributed by atoms with Crippen LogP contribution in [0.5, 0.6) is 0 Å². The minimum atomic E-state index is -0.804. The Hall–Kier alpha value is -1.91. The first kappa shape index (κ1) is 11.6. The first-order valence-electron chi connectivity index (χ1n) is 5.75. The zero-order valence-corrected chi connectivity index (χ0v) is 9.76. The minimum absolute atomic E-state index is 0.103. The summed E-state index contributed by atoms with van der Waals surface area (Å²) in [5.74, 6) is -0.804. The smallest absolute Gasteiger partial charge is 0.303 e. The molecule has 0 aliphatic heterocycles. The third-order valence-corrected chi connectivity index (χ3v) is 2.53. The molecule has 2 aromatic heterocycles. The summed E-state index contributed by atoms with van der Waals surface area (Å²) in [6.45, 7) is 2.11. The Bertz CT molecular complexity index is 534. The average molecular weight is 233 g/mol. The number of carboxylic acid groups (broad SMARTS) is 1. The second-order valence-corrected chi connectivity index (χ2v) is 4.00. The maximum atomic E-state index is 10.5. The molecule has 0 spiro atoms. The van der Waals surface area contributed by atoms with Crippen LogP contribution in [0.15, 0.2) is 18.3 Å². The van der Waals surface area contributed by atoms with Crippen LogP contribution < -0.4 is 0 Å². The van der Waals surface area contributed by atoms with E-state index in [2.05, 4.69) is 17.0 Å². The van der Waals surface area contributed by atoms with Gasteiger partial charge < -0.3 is 5.11 Å². The SMILES string of the molecule is CCCc1ccc2nc(CCC(=O)O)cn2n1. The second-order valence-electron chi connectivity index (χ2n) is 4.00. The van der Waals surface area contributed by atoms with Crippen LogP contribution in [-0.4, -0.2) is 25.7 Å². The van der Waals surface area contributed by atoms with Crippen LogP contribution in [0.3, 0.4) is 0 Å². The van der Waals surface area contributed by atoms with Crippen molar-refractivity contribution in [1.82, 2.24) is 14.6 Å². The fourth-order valence-electron chi connectivity index (χ4n) is 1.72. The first-order chi connectivity index (χ1) is 8.19. The molecule has 1 N–H and O–H groups in total. The average Bonchev–Trinajstić information content (AvgIpc) is 2.69. The summed E-state index contributed by atoms with van der Waals surface area (Å²) in [6.07, 6.45) is 4.35. The van der Waals surface area contributed by atoms with Crippen LogP contribution in [0.2, 0.25) is 0 Å². The van der Waals surface area contributed by atoms with E-state index in [4.69, 9.17) is 5.11 Å². The van der Waals surface area contributed by atoms with Gasteiger partial charge in [0, 0.05) is 6.42 Å². The largest absolute Gasteiger partial charge is 0.481 e. The second kappa shape index (κ2) is 4.95. The molecular formula is C12H15N3O2. The Morgan fingerprint density at radius 3 is 2.88 bits per heavy atom. The van der Waals surface area contributed by atoms with Gasteiger partial charge in [-0.1, -0.05) is 13.3 Å². The van der Waals surface area contributed by atoms with Gasteiger partial charge in [-0.25, -0.2) is 9.50 Å². The molecule has 2 rings (SSSR count). The summed E-state index contributed by atoms with van der Waals surface area (Å²) in [6, 6.07) is 3.88.